The zero-order chi connectivity index (χ0) is 14.0. The number of hydrogen-bond donors (Lipinski definition) is 2. The summed E-state index contributed by atoms with van der Waals surface area (Å²) in [5.74, 6) is 0.0942. The van der Waals surface area contributed by atoms with E-state index in [1.54, 1.807) is 6.20 Å². The van der Waals surface area contributed by atoms with Crippen LogP contribution in [0, 0.1) is 0 Å². The van der Waals surface area contributed by atoms with E-state index in [1.165, 1.54) is 38.5 Å². The van der Waals surface area contributed by atoms with Crippen molar-refractivity contribution in [2.24, 2.45) is 0 Å². The molecule has 1 aliphatic carbocycles. The van der Waals surface area contributed by atoms with Crippen LogP contribution < -0.4 is 10.6 Å². The summed E-state index contributed by atoms with van der Waals surface area (Å²) in [4.78, 5) is 15.9. The van der Waals surface area contributed by atoms with Crippen LogP contribution in [0.5, 0.6) is 0 Å². The molecule has 2 N–H and O–H groups in total. The molecule has 110 valence electrons. The van der Waals surface area contributed by atoms with Crippen molar-refractivity contribution in [3.05, 3.63) is 30.1 Å². The molecule has 0 spiro atoms. The molecule has 1 saturated carbocycles. The lowest BCUT2D eigenvalue weighted by Gasteiger charge is -2.15. The number of rotatable bonds is 6. The third-order valence-corrected chi connectivity index (χ3v) is 3.83. The molecular weight excluding hydrogens is 250 g/mol. The van der Waals surface area contributed by atoms with Gasteiger partial charge in [0.15, 0.2) is 0 Å². The summed E-state index contributed by atoms with van der Waals surface area (Å²) in [6, 6.07) is 6.34. The Morgan fingerprint density at radius 1 is 1.20 bits per heavy atom. The lowest BCUT2D eigenvalue weighted by Crippen LogP contribution is -2.33. The Morgan fingerprint density at radius 2 is 2.00 bits per heavy atom. The van der Waals surface area contributed by atoms with Crippen LogP contribution in [0.25, 0.3) is 0 Å². The second kappa shape index (κ2) is 8.69. The number of nitrogens with zero attached hydrogens (tertiary/aromatic N) is 1. The normalized spacial score (nSPS) is 16.6. The van der Waals surface area contributed by atoms with E-state index >= 15 is 0 Å². The van der Waals surface area contributed by atoms with Crippen LogP contribution in [0.1, 0.15) is 50.6 Å². The molecule has 1 heterocycles. The molecule has 0 aromatic carbocycles. The smallest absolute Gasteiger partial charge is 0.221 e. The van der Waals surface area contributed by atoms with Crippen molar-refractivity contribution in [2.45, 2.75) is 57.5 Å². The van der Waals surface area contributed by atoms with Crippen LogP contribution in [-0.2, 0) is 11.3 Å². The Balaban J connectivity index is 1.58. The number of carbonyl (C=O) groups is 1. The minimum atomic E-state index is 0.0942. The molecule has 0 aliphatic heterocycles. The monoisotopic (exact) mass is 275 g/mol. The van der Waals surface area contributed by atoms with E-state index in [0.717, 1.165) is 12.2 Å². The van der Waals surface area contributed by atoms with Gasteiger partial charge in [-0.25, -0.2) is 0 Å². The van der Waals surface area contributed by atoms with Gasteiger partial charge in [0.2, 0.25) is 5.91 Å². The van der Waals surface area contributed by atoms with Crippen molar-refractivity contribution in [1.82, 2.24) is 15.6 Å². The van der Waals surface area contributed by atoms with Crippen LogP contribution in [0.2, 0.25) is 0 Å². The topological polar surface area (TPSA) is 54.0 Å². The Kier molecular flexibility index (Phi) is 6.51. The molecule has 1 aromatic rings. The fourth-order valence-corrected chi connectivity index (χ4v) is 2.65. The highest BCUT2D eigenvalue weighted by Gasteiger charge is 2.11. The van der Waals surface area contributed by atoms with Crippen LogP contribution >= 0.6 is 0 Å². The molecule has 2 rings (SSSR count). The van der Waals surface area contributed by atoms with E-state index in [2.05, 4.69) is 15.6 Å². The molecule has 1 aromatic heterocycles. The average molecular weight is 275 g/mol. The molecule has 1 amide bonds. The number of pyridine rings is 1. The Hall–Kier alpha value is -1.42. The maximum Gasteiger partial charge on any atom is 0.221 e. The first-order chi connectivity index (χ1) is 9.84. The summed E-state index contributed by atoms with van der Waals surface area (Å²) in [5, 5.41) is 6.42. The Labute approximate surface area is 121 Å². The van der Waals surface area contributed by atoms with E-state index in [9.17, 15) is 4.79 Å². The van der Waals surface area contributed by atoms with Gasteiger partial charge in [-0.3, -0.25) is 9.78 Å². The van der Waals surface area contributed by atoms with E-state index < -0.39 is 0 Å². The van der Waals surface area contributed by atoms with Gasteiger partial charge in [-0.15, -0.1) is 0 Å². The lowest BCUT2D eigenvalue weighted by molar-refractivity contribution is -0.121. The first kappa shape index (κ1) is 15.0. The second-order valence-corrected chi connectivity index (χ2v) is 5.49. The Morgan fingerprint density at radius 3 is 2.70 bits per heavy atom. The largest absolute Gasteiger partial charge is 0.350 e. The molecule has 4 nitrogen and oxygen atoms in total. The summed E-state index contributed by atoms with van der Waals surface area (Å²) in [7, 11) is 0. The van der Waals surface area contributed by atoms with E-state index in [1.807, 2.05) is 18.2 Å². The highest BCUT2D eigenvalue weighted by molar-refractivity contribution is 5.75. The fourth-order valence-electron chi connectivity index (χ4n) is 2.65. The van der Waals surface area contributed by atoms with E-state index in [-0.39, 0.29) is 5.91 Å². The van der Waals surface area contributed by atoms with Gasteiger partial charge in [0.25, 0.3) is 0 Å². The number of amides is 1. The van der Waals surface area contributed by atoms with Crippen molar-refractivity contribution in [3.8, 4) is 0 Å². The summed E-state index contributed by atoms with van der Waals surface area (Å²) in [6.07, 6.45) is 10.2. The molecule has 0 saturated heterocycles. The van der Waals surface area contributed by atoms with Crippen molar-refractivity contribution in [2.75, 3.05) is 6.54 Å². The molecule has 20 heavy (non-hydrogen) atoms. The number of carbonyl (C=O) groups excluding carboxylic acids is 1. The van der Waals surface area contributed by atoms with Gasteiger partial charge in [-0.05, 0) is 25.0 Å². The molecule has 0 unspecified atom stereocenters. The summed E-state index contributed by atoms with van der Waals surface area (Å²) < 4.78 is 0. The van der Waals surface area contributed by atoms with Gasteiger partial charge in [0.1, 0.15) is 0 Å². The molecule has 0 radical (unpaired) electrons. The Bertz CT molecular complexity index is 386. The minimum Gasteiger partial charge on any atom is -0.350 e. The standard InChI is InChI=1S/C16H25N3O/c20-16(19-13-15-9-5-6-11-17-15)10-12-18-14-7-3-1-2-4-8-14/h5-6,9,11,14,18H,1-4,7-8,10,12-13H2,(H,19,20). The lowest BCUT2D eigenvalue weighted by atomic mass is 10.1. The summed E-state index contributed by atoms with van der Waals surface area (Å²) in [6.45, 7) is 1.29. The van der Waals surface area contributed by atoms with Crippen LogP contribution in [0.15, 0.2) is 24.4 Å². The summed E-state index contributed by atoms with van der Waals surface area (Å²) in [5.41, 5.74) is 0.901. The third-order valence-electron chi connectivity index (χ3n) is 3.83. The number of nitrogens with one attached hydrogen (secondary N) is 2. The van der Waals surface area contributed by atoms with E-state index in [4.69, 9.17) is 0 Å². The first-order valence-electron chi connectivity index (χ1n) is 7.74. The van der Waals surface area contributed by atoms with Gasteiger partial charge < -0.3 is 10.6 Å². The highest BCUT2D eigenvalue weighted by atomic mass is 16.1. The van der Waals surface area contributed by atoms with Crippen molar-refractivity contribution in [1.29, 1.82) is 0 Å². The van der Waals surface area contributed by atoms with Crippen molar-refractivity contribution < 1.29 is 4.79 Å². The highest BCUT2D eigenvalue weighted by Crippen LogP contribution is 2.16. The fraction of sp³-hybridized carbons (Fsp3) is 0.625. The van der Waals surface area contributed by atoms with E-state index in [0.29, 0.717) is 19.0 Å². The van der Waals surface area contributed by atoms with Crippen LogP contribution in [0.3, 0.4) is 0 Å². The van der Waals surface area contributed by atoms with Gasteiger partial charge in [-0.1, -0.05) is 31.7 Å². The van der Waals surface area contributed by atoms with Gasteiger partial charge in [-0.2, -0.15) is 0 Å². The summed E-state index contributed by atoms with van der Waals surface area (Å²) >= 11 is 0. The third kappa shape index (κ3) is 5.70. The van der Waals surface area contributed by atoms with Gasteiger partial charge in [0.05, 0.1) is 12.2 Å². The van der Waals surface area contributed by atoms with Crippen LogP contribution in [-0.4, -0.2) is 23.5 Å². The number of aromatic nitrogens is 1. The zero-order valence-electron chi connectivity index (χ0n) is 12.1. The average Bonchev–Trinajstić information content (AvgIpc) is 2.75. The predicted molar refractivity (Wildman–Crippen MR) is 80.2 cm³/mol. The minimum absolute atomic E-state index is 0.0942. The maximum absolute atomic E-state index is 11.7. The molecule has 1 aliphatic rings. The van der Waals surface area contributed by atoms with Crippen molar-refractivity contribution in [3.63, 3.8) is 0 Å². The molecule has 4 heteroatoms. The number of hydrogen-bond acceptors (Lipinski definition) is 3. The predicted octanol–water partition coefficient (Wildman–Crippen LogP) is 2.40. The zero-order valence-corrected chi connectivity index (χ0v) is 12.1. The first-order valence-corrected chi connectivity index (χ1v) is 7.74. The van der Waals surface area contributed by atoms with Crippen molar-refractivity contribution >= 4 is 5.91 Å². The molecule has 0 atom stereocenters. The molecular formula is C16H25N3O. The quantitative estimate of drug-likeness (QED) is 0.784. The second-order valence-electron chi connectivity index (χ2n) is 5.49. The molecule has 1 fully saturated rings. The van der Waals surface area contributed by atoms with Gasteiger partial charge in [0, 0.05) is 25.2 Å². The van der Waals surface area contributed by atoms with Crippen LogP contribution in [0.4, 0.5) is 0 Å². The molecule has 0 bridgehead atoms. The maximum atomic E-state index is 11.7. The SMILES string of the molecule is O=C(CCNC1CCCCCC1)NCc1ccccn1. The van der Waals surface area contributed by atoms with Gasteiger partial charge >= 0.3 is 0 Å².